The first-order chi connectivity index (χ1) is 27.7. The van der Waals surface area contributed by atoms with Crippen LogP contribution in [0.1, 0.15) is 49.7 Å². The molecule has 0 aliphatic carbocycles. The molecule has 3 aliphatic rings. The van der Waals surface area contributed by atoms with Gasteiger partial charge in [0.05, 0.1) is 19.8 Å². The van der Waals surface area contributed by atoms with Crippen LogP contribution in [0.2, 0.25) is 0 Å². The number of halogens is 1. The van der Waals surface area contributed by atoms with Gasteiger partial charge in [-0.15, -0.1) is 0 Å². The highest BCUT2D eigenvalue weighted by molar-refractivity contribution is 6.61. The molecular formula is C41H67ClN6O9. The van der Waals surface area contributed by atoms with E-state index in [2.05, 4.69) is 89.8 Å². The summed E-state index contributed by atoms with van der Waals surface area (Å²) in [6.45, 7) is 10.4. The van der Waals surface area contributed by atoms with Gasteiger partial charge in [0.1, 0.15) is 19.8 Å². The SMILES string of the molecule is COCCOC(=O)Cl.COCCOC(=O)NC1CCN(Cc2ccccc2)CC1.COCCOC(=O)NC1CCNCC1.NC1CCN(Cc2ccccc2)CC1. The van der Waals surface area contributed by atoms with Gasteiger partial charge in [-0.1, -0.05) is 60.7 Å². The summed E-state index contributed by atoms with van der Waals surface area (Å²) in [7, 11) is 4.68. The number of carbonyl (C=O) groups excluding carboxylic acids is 3. The van der Waals surface area contributed by atoms with Crippen LogP contribution in [-0.4, -0.2) is 146 Å². The van der Waals surface area contributed by atoms with Gasteiger partial charge in [0.15, 0.2) is 0 Å². The molecule has 2 aromatic carbocycles. The first kappa shape index (κ1) is 49.6. The number of alkyl carbamates (subject to hydrolysis) is 2. The van der Waals surface area contributed by atoms with E-state index >= 15 is 0 Å². The lowest BCUT2D eigenvalue weighted by molar-refractivity contribution is 0.0926. The summed E-state index contributed by atoms with van der Waals surface area (Å²) in [5.41, 5.74) is 7.82. The molecule has 57 heavy (non-hydrogen) atoms. The number of nitrogens with one attached hydrogen (secondary N) is 3. The number of piperidine rings is 3. The molecule has 3 fully saturated rings. The molecule has 5 rings (SSSR count). The summed E-state index contributed by atoms with van der Waals surface area (Å²) < 4.78 is 28.4. The van der Waals surface area contributed by atoms with E-state index in [-0.39, 0.29) is 30.9 Å². The summed E-state index contributed by atoms with van der Waals surface area (Å²) in [5.74, 6) is 0. The normalized spacial score (nSPS) is 16.6. The van der Waals surface area contributed by atoms with Crippen LogP contribution in [0.25, 0.3) is 0 Å². The topological polar surface area (TPSA) is 175 Å². The van der Waals surface area contributed by atoms with Crippen LogP contribution >= 0.6 is 11.6 Å². The van der Waals surface area contributed by atoms with Gasteiger partial charge >= 0.3 is 17.6 Å². The molecule has 2 amide bonds. The summed E-state index contributed by atoms with van der Waals surface area (Å²) in [5, 5.41) is 8.97. The van der Waals surface area contributed by atoms with Gasteiger partial charge in [-0.25, -0.2) is 14.4 Å². The summed E-state index contributed by atoms with van der Waals surface area (Å²) in [4.78, 5) is 37.4. The van der Waals surface area contributed by atoms with Crippen molar-refractivity contribution in [2.24, 2.45) is 5.73 Å². The fourth-order valence-corrected chi connectivity index (χ4v) is 6.13. The van der Waals surface area contributed by atoms with Crippen molar-refractivity contribution in [2.45, 2.75) is 69.7 Å². The van der Waals surface area contributed by atoms with Gasteiger partial charge in [-0.2, -0.15) is 0 Å². The lowest BCUT2D eigenvalue weighted by Gasteiger charge is -2.32. The van der Waals surface area contributed by atoms with Gasteiger partial charge in [-0.05, 0) is 75.8 Å². The first-order valence-electron chi connectivity index (χ1n) is 19.9. The average molecular weight is 823 g/mol. The van der Waals surface area contributed by atoms with Crippen LogP contribution in [0.3, 0.4) is 0 Å². The Labute approximate surface area is 344 Å². The summed E-state index contributed by atoms with van der Waals surface area (Å²) in [6.07, 6.45) is 5.49. The largest absolute Gasteiger partial charge is 0.451 e. The Hall–Kier alpha value is -3.54. The quantitative estimate of drug-likeness (QED) is 0.110. The molecule has 5 N–H and O–H groups in total. The number of benzene rings is 2. The highest BCUT2D eigenvalue weighted by Gasteiger charge is 2.21. The Morgan fingerprint density at radius 2 is 1.00 bits per heavy atom. The predicted octanol–water partition coefficient (Wildman–Crippen LogP) is 4.75. The highest BCUT2D eigenvalue weighted by Crippen LogP contribution is 2.14. The third-order valence-electron chi connectivity index (χ3n) is 9.25. The Morgan fingerprint density at radius 1 is 0.614 bits per heavy atom. The van der Waals surface area contributed by atoms with E-state index < -0.39 is 5.43 Å². The number of ether oxygens (including phenoxy) is 6. The monoisotopic (exact) mass is 822 g/mol. The second kappa shape index (κ2) is 32.4. The molecule has 0 unspecified atom stereocenters. The minimum absolute atomic E-state index is 0.215. The van der Waals surface area contributed by atoms with Crippen LogP contribution in [0, 0.1) is 0 Å². The molecule has 15 nitrogen and oxygen atoms in total. The zero-order valence-corrected chi connectivity index (χ0v) is 34.9. The van der Waals surface area contributed by atoms with Crippen LogP contribution in [0.5, 0.6) is 0 Å². The van der Waals surface area contributed by atoms with Crippen molar-refractivity contribution in [1.82, 2.24) is 25.8 Å². The summed E-state index contributed by atoms with van der Waals surface area (Å²) in [6, 6.07) is 22.0. The van der Waals surface area contributed by atoms with Crippen molar-refractivity contribution in [3.05, 3.63) is 71.8 Å². The number of methoxy groups -OCH3 is 3. The van der Waals surface area contributed by atoms with Crippen LogP contribution < -0.4 is 21.7 Å². The molecule has 16 heteroatoms. The van der Waals surface area contributed by atoms with E-state index in [1.807, 2.05) is 6.07 Å². The summed E-state index contributed by atoms with van der Waals surface area (Å²) >= 11 is 4.80. The number of likely N-dealkylation sites (tertiary alicyclic amines) is 2. The fourth-order valence-electron chi connectivity index (χ4n) is 6.05. The molecule has 0 aromatic heterocycles. The maximum Gasteiger partial charge on any atom is 0.407 e. The molecule has 0 saturated carbocycles. The second-order valence-corrected chi connectivity index (χ2v) is 14.1. The third kappa shape index (κ3) is 26.2. The van der Waals surface area contributed by atoms with E-state index in [0.717, 1.165) is 90.9 Å². The number of rotatable bonds is 15. The minimum Gasteiger partial charge on any atom is -0.451 e. The maximum atomic E-state index is 11.6. The lowest BCUT2D eigenvalue weighted by Crippen LogP contribution is -2.44. The van der Waals surface area contributed by atoms with Gasteiger partial charge in [0.25, 0.3) is 0 Å². The molecule has 0 atom stereocenters. The van der Waals surface area contributed by atoms with Crippen molar-refractivity contribution < 1.29 is 42.8 Å². The molecular weight excluding hydrogens is 756 g/mol. The van der Waals surface area contributed by atoms with Gasteiger partial charge < -0.3 is 50.1 Å². The Kier molecular flexibility index (Phi) is 28.2. The Morgan fingerprint density at radius 3 is 1.40 bits per heavy atom. The number of amides is 2. The number of hydrogen-bond acceptors (Lipinski definition) is 13. The van der Waals surface area contributed by atoms with E-state index in [1.165, 1.54) is 18.2 Å². The number of nitrogens with zero attached hydrogens (tertiary/aromatic N) is 2. The molecule has 322 valence electrons. The van der Waals surface area contributed by atoms with Crippen molar-refractivity contribution in [3.63, 3.8) is 0 Å². The van der Waals surface area contributed by atoms with E-state index in [9.17, 15) is 14.4 Å². The number of hydrogen-bond donors (Lipinski definition) is 4. The predicted molar refractivity (Wildman–Crippen MR) is 221 cm³/mol. The third-order valence-corrected chi connectivity index (χ3v) is 9.35. The number of nitrogens with two attached hydrogens (primary N) is 1. The zero-order valence-electron chi connectivity index (χ0n) is 34.2. The van der Waals surface area contributed by atoms with Crippen LogP contribution in [0.4, 0.5) is 14.4 Å². The Balaban J connectivity index is 0.000000276. The van der Waals surface area contributed by atoms with E-state index in [1.54, 1.807) is 14.2 Å². The van der Waals surface area contributed by atoms with Crippen LogP contribution in [0.15, 0.2) is 60.7 Å². The Bertz CT molecular complexity index is 1300. The van der Waals surface area contributed by atoms with Crippen molar-refractivity contribution >= 4 is 29.2 Å². The van der Waals surface area contributed by atoms with Gasteiger partial charge in [0, 0.05) is 77.2 Å². The molecule has 3 aliphatic heterocycles. The zero-order chi connectivity index (χ0) is 41.4. The van der Waals surface area contributed by atoms with Crippen molar-refractivity contribution in [1.29, 1.82) is 0 Å². The average Bonchev–Trinajstić information content (AvgIpc) is 3.22. The van der Waals surface area contributed by atoms with Crippen molar-refractivity contribution in [2.75, 3.05) is 100 Å². The van der Waals surface area contributed by atoms with Gasteiger partial charge in [0.2, 0.25) is 0 Å². The van der Waals surface area contributed by atoms with Gasteiger partial charge in [-0.3, -0.25) is 9.80 Å². The second-order valence-electron chi connectivity index (χ2n) is 13.8. The smallest absolute Gasteiger partial charge is 0.407 e. The first-order valence-corrected chi connectivity index (χ1v) is 20.2. The molecule has 2 aromatic rings. The molecule has 0 spiro atoms. The standard InChI is InChI=1S/C16H24N2O3.C12H18N2.C9H18N2O3.C4H7ClO3/c1-20-11-12-21-16(19)17-15-7-9-18(10-8-15)13-14-5-3-2-4-6-14;13-12-6-8-14(9-7-12)10-11-4-2-1-3-5-11;1-13-6-7-14-9(12)11-8-2-4-10-5-3-8;1-7-2-3-8-4(5)6/h2-6,15H,7-13H2,1H3,(H,17,19);1-5,12H,6-10,13H2;8,10H,2-7H2,1H3,(H,11,12);2-3H2,1H3. The molecule has 3 saturated heterocycles. The fraction of sp³-hybridized carbons (Fsp3) is 0.634. The molecule has 0 radical (unpaired) electrons. The van der Waals surface area contributed by atoms with Crippen LogP contribution in [-0.2, 0) is 41.5 Å². The van der Waals surface area contributed by atoms with E-state index in [0.29, 0.717) is 39.1 Å². The molecule has 0 bridgehead atoms. The number of carbonyl (C=O) groups is 3. The maximum absolute atomic E-state index is 11.6. The van der Waals surface area contributed by atoms with Crippen molar-refractivity contribution in [3.8, 4) is 0 Å². The highest BCUT2D eigenvalue weighted by atomic mass is 35.5. The van der Waals surface area contributed by atoms with E-state index in [4.69, 9.17) is 36.3 Å². The minimum atomic E-state index is -0.790. The lowest BCUT2D eigenvalue weighted by atomic mass is 10.0. The molecule has 3 heterocycles.